The lowest BCUT2D eigenvalue weighted by molar-refractivity contribution is -0.384. The molecular weight excluding hydrogens is 446 g/mol. The number of nitrogens with one attached hydrogen (secondary N) is 1. The number of hydrogen-bond donors (Lipinski definition) is 1. The third-order valence-electron chi connectivity index (χ3n) is 6.32. The van der Waals surface area contributed by atoms with E-state index in [1.54, 1.807) is 19.1 Å². The number of piperazine rings is 1. The number of rotatable bonds is 9. The first-order valence-electron chi connectivity index (χ1n) is 11.9. The molecule has 4 rings (SSSR count). The fraction of sp³-hybridized carbons (Fsp3) is 0.400. The zero-order valence-corrected chi connectivity index (χ0v) is 20.2. The molecule has 184 valence electrons. The summed E-state index contributed by atoms with van der Waals surface area (Å²) in [6, 6.07) is 14.7. The molecular formula is C25H31N7O3. The minimum absolute atomic E-state index is 0.0417. The lowest BCUT2D eigenvalue weighted by Gasteiger charge is -2.36. The first kappa shape index (κ1) is 24.3. The van der Waals surface area contributed by atoms with Gasteiger partial charge in [0.1, 0.15) is 0 Å². The van der Waals surface area contributed by atoms with E-state index in [9.17, 15) is 14.9 Å². The van der Waals surface area contributed by atoms with E-state index in [4.69, 9.17) is 0 Å². The summed E-state index contributed by atoms with van der Waals surface area (Å²) in [4.78, 5) is 28.1. The van der Waals surface area contributed by atoms with Gasteiger partial charge in [-0.25, -0.2) is 4.68 Å². The molecule has 0 aliphatic carbocycles. The Kier molecular flexibility index (Phi) is 7.71. The van der Waals surface area contributed by atoms with Crippen LogP contribution in [-0.2, 0) is 0 Å². The first-order valence-corrected chi connectivity index (χ1v) is 11.9. The number of hydrogen-bond acceptors (Lipinski definition) is 7. The van der Waals surface area contributed by atoms with Gasteiger partial charge in [-0.15, -0.1) is 5.10 Å². The molecule has 2 aromatic carbocycles. The summed E-state index contributed by atoms with van der Waals surface area (Å²) in [7, 11) is 0. The summed E-state index contributed by atoms with van der Waals surface area (Å²) >= 11 is 0. The third-order valence-corrected chi connectivity index (χ3v) is 6.32. The van der Waals surface area contributed by atoms with Crippen LogP contribution in [0, 0.1) is 24.0 Å². The third kappa shape index (κ3) is 6.02. The van der Waals surface area contributed by atoms with E-state index in [0.29, 0.717) is 17.9 Å². The van der Waals surface area contributed by atoms with Crippen LogP contribution in [0.5, 0.6) is 0 Å². The van der Waals surface area contributed by atoms with Gasteiger partial charge in [-0.3, -0.25) is 19.8 Å². The Bertz CT molecular complexity index is 1190. The molecule has 1 aromatic heterocycles. The predicted molar refractivity (Wildman–Crippen MR) is 134 cm³/mol. The number of nitrogens with zero attached hydrogens (tertiary/aromatic N) is 6. The lowest BCUT2D eigenvalue weighted by Crippen LogP contribution is -2.46. The Morgan fingerprint density at radius 2 is 1.77 bits per heavy atom. The highest BCUT2D eigenvalue weighted by Crippen LogP contribution is 2.19. The molecule has 1 amide bonds. The highest BCUT2D eigenvalue weighted by Gasteiger charge is 2.19. The van der Waals surface area contributed by atoms with Crippen molar-refractivity contribution in [2.45, 2.75) is 26.7 Å². The SMILES string of the molecule is Cc1cccc(N2CCN(CCCCNC(=O)c3nnn(-c4cccc([N+](=O)[O-])c4)c3C)CC2)c1. The van der Waals surface area contributed by atoms with Crippen LogP contribution in [-0.4, -0.2) is 70.0 Å². The van der Waals surface area contributed by atoms with Crippen LogP contribution in [0.2, 0.25) is 0 Å². The van der Waals surface area contributed by atoms with Gasteiger partial charge in [-0.05, 0) is 57.0 Å². The number of aryl methyl sites for hydroxylation is 1. The van der Waals surface area contributed by atoms with Crippen LogP contribution in [0.15, 0.2) is 48.5 Å². The maximum atomic E-state index is 12.6. The molecule has 3 aromatic rings. The van der Waals surface area contributed by atoms with E-state index in [0.717, 1.165) is 45.6 Å². The maximum absolute atomic E-state index is 12.6. The Morgan fingerprint density at radius 1 is 1.03 bits per heavy atom. The number of nitro benzene ring substituents is 1. The van der Waals surface area contributed by atoms with E-state index >= 15 is 0 Å². The molecule has 10 heteroatoms. The van der Waals surface area contributed by atoms with E-state index in [1.165, 1.54) is 28.1 Å². The van der Waals surface area contributed by atoms with Gasteiger partial charge < -0.3 is 10.2 Å². The number of nitro groups is 1. The fourth-order valence-corrected chi connectivity index (χ4v) is 4.32. The molecule has 1 aliphatic rings. The molecule has 0 spiro atoms. The maximum Gasteiger partial charge on any atom is 0.273 e. The smallest absolute Gasteiger partial charge is 0.273 e. The van der Waals surface area contributed by atoms with Crippen LogP contribution >= 0.6 is 0 Å². The number of carbonyl (C=O) groups excluding carboxylic acids is 1. The zero-order valence-electron chi connectivity index (χ0n) is 20.2. The second-order valence-electron chi connectivity index (χ2n) is 8.84. The van der Waals surface area contributed by atoms with Gasteiger partial charge in [0, 0.05) is 50.5 Å². The van der Waals surface area contributed by atoms with E-state index in [-0.39, 0.29) is 17.3 Å². The van der Waals surface area contributed by atoms with Crippen molar-refractivity contribution >= 4 is 17.3 Å². The Balaban J connectivity index is 1.19. The van der Waals surface area contributed by atoms with Gasteiger partial charge in [0.2, 0.25) is 0 Å². The average Bonchev–Trinajstić information content (AvgIpc) is 3.25. The topological polar surface area (TPSA) is 109 Å². The van der Waals surface area contributed by atoms with Crippen molar-refractivity contribution < 1.29 is 9.72 Å². The number of unbranched alkanes of at least 4 members (excludes halogenated alkanes) is 1. The molecule has 1 fully saturated rings. The molecule has 0 saturated carbocycles. The van der Waals surface area contributed by atoms with Crippen LogP contribution in [0.25, 0.3) is 5.69 Å². The molecule has 0 radical (unpaired) electrons. The van der Waals surface area contributed by atoms with Crippen LogP contribution in [0.4, 0.5) is 11.4 Å². The Hall–Kier alpha value is -3.79. The standard InChI is InChI=1S/C25H31N7O3/c1-19-7-5-8-21(17-19)30-15-13-29(14-16-30)12-4-3-11-26-25(33)24-20(2)31(28-27-24)22-9-6-10-23(18-22)32(34)35/h5-10,17-18H,3-4,11-16H2,1-2H3,(H,26,33). The molecule has 35 heavy (non-hydrogen) atoms. The molecule has 0 bridgehead atoms. The van der Waals surface area contributed by atoms with Gasteiger partial charge in [-0.1, -0.05) is 23.4 Å². The van der Waals surface area contributed by atoms with Crippen LogP contribution < -0.4 is 10.2 Å². The van der Waals surface area contributed by atoms with Gasteiger partial charge in [0.05, 0.1) is 16.3 Å². The van der Waals surface area contributed by atoms with Crippen molar-refractivity contribution in [1.82, 2.24) is 25.2 Å². The number of non-ortho nitro benzene ring substituents is 1. The monoisotopic (exact) mass is 477 g/mol. The molecule has 1 saturated heterocycles. The minimum Gasteiger partial charge on any atom is -0.369 e. The first-order chi connectivity index (χ1) is 16.9. The Labute approximate surface area is 204 Å². The second-order valence-corrected chi connectivity index (χ2v) is 8.84. The molecule has 0 atom stereocenters. The summed E-state index contributed by atoms with van der Waals surface area (Å²) in [5, 5.41) is 22.0. The largest absolute Gasteiger partial charge is 0.369 e. The number of carbonyl (C=O) groups is 1. The molecule has 2 heterocycles. The van der Waals surface area contributed by atoms with Gasteiger partial charge in [-0.2, -0.15) is 0 Å². The summed E-state index contributed by atoms with van der Waals surface area (Å²) in [5.74, 6) is -0.286. The van der Waals surface area contributed by atoms with Crippen molar-refractivity contribution in [2.24, 2.45) is 0 Å². The van der Waals surface area contributed by atoms with E-state index in [2.05, 4.69) is 56.6 Å². The summed E-state index contributed by atoms with van der Waals surface area (Å²) in [6.07, 6.45) is 1.88. The highest BCUT2D eigenvalue weighted by molar-refractivity contribution is 5.93. The van der Waals surface area contributed by atoms with Crippen molar-refractivity contribution in [3.63, 3.8) is 0 Å². The number of benzene rings is 2. The quantitative estimate of drug-likeness (QED) is 0.286. The normalized spacial score (nSPS) is 14.2. The van der Waals surface area contributed by atoms with E-state index < -0.39 is 4.92 Å². The van der Waals surface area contributed by atoms with Gasteiger partial charge >= 0.3 is 0 Å². The van der Waals surface area contributed by atoms with Crippen molar-refractivity contribution in [1.29, 1.82) is 0 Å². The van der Waals surface area contributed by atoms with Crippen LogP contribution in [0.1, 0.15) is 34.6 Å². The van der Waals surface area contributed by atoms with E-state index in [1.807, 2.05) is 0 Å². The van der Waals surface area contributed by atoms with Gasteiger partial charge in [0.25, 0.3) is 11.6 Å². The molecule has 10 nitrogen and oxygen atoms in total. The van der Waals surface area contributed by atoms with Crippen molar-refractivity contribution in [2.75, 3.05) is 44.2 Å². The van der Waals surface area contributed by atoms with Gasteiger partial charge in [0.15, 0.2) is 5.69 Å². The number of amides is 1. The number of aromatic nitrogens is 3. The zero-order chi connectivity index (χ0) is 24.8. The molecule has 1 N–H and O–H groups in total. The summed E-state index contributed by atoms with van der Waals surface area (Å²) in [5.41, 5.74) is 3.79. The second kappa shape index (κ2) is 11.1. The average molecular weight is 478 g/mol. The molecule has 0 unspecified atom stereocenters. The lowest BCUT2D eigenvalue weighted by atomic mass is 10.2. The number of anilines is 1. The summed E-state index contributed by atoms with van der Waals surface area (Å²) in [6.45, 7) is 9.56. The van der Waals surface area contributed by atoms with Crippen LogP contribution in [0.3, 0.4) is 0 Å². The predicted octanol–water partition coefficient (Wildman–Crippen LogP) is 3.12. The fourth-order valence-electron chi connectivity index (χ4n) is 4.32. The molecule has 1 aliphatic heterocycles. The van der Waals surface area contributed by atoms with Crippen molar-refractivity contribution in [3.05, 3.63) is 75.6 Å². The summed E-state index contributed by atoms with van der Waals surface area (Å²) < 4.78 is 1.44. The van der Waals surface area contributed by atoms with Crippen molar-refractivity contribution in [3.8, 4) is 5.69 Å². The Morgan fingerprint density at radius 3 is 2.51 bits per heavy atom. The minimum atomic E-state index is -0.465. The highest BCUT2D eigenvalue weighted by atomic mass is 16.6.